The molecule has 6 heteroatoms. The number of halogens is 2. The molecule has 0 fully saturated rings. The summed E-state index contributed by atoms with van der Waals surface area (Å²) in [5, 5.41) is 3.43. The first-order valence-corrected chi connectivity index (χ1v) is 10.2. The van der Waals surface area contributed by atoms with Gasteiger partial charge in [0.25, 0.3) is 0 Å². The SMILES string of the molecule is CC[C@@H](C(=O)NCC(C)C)N(Cc1ccc(F)cc1)C(=O)Cc1ccccc1Cl. The lowest BCUT2D eigenvalue weighted by Crippen LogP contribution is -2.50. The maximum Gasteiger partial charge on any atom is 0.242 e. The van der Waals surface area contributed by atoms with Gasteiger partial charge in [-0.3, -0.25) is 9.59 Å². The van der Waals surface area contributed by atoms with E-state index in [9.17, 15) is 14.0 Å². The number of nitrogens with zero attached hydrogens (tertiary/aromatic N) is 1. The van der Waals surface area contributed by atoms with Crippen LogP contribution in [0, 0.1) is 11.7 Å². The fourth-order valence-corrected chi connectivity index (χ4v) is 3.24. The largest absolute Gasteiger partial charge is 0.354 e. The van der Waals surface area contributed by atoms with Crippen molar-refractivity contribution < 1.29 is 14.0 Å². The van der Waals surface area contributed by atoms with Crippen molar-refractivity contribution in [3.63, 3.8) is 0 Å². The summed E-state index contributed by atoms with van der Waals surface area (Å²) in [5.74, 6) is -0.421. The first-order chi connectivity index (χ1) is 13.8. The minimum absolute atomic E-state index is 0.0921. The molecule has 1 atom stereocenters. The van der Waals surface area contributed by atoms with Gasteiger partial charge in [-0.25, -0.2) is 4.39 Å². The Kier molecular flexibility index (Phi) is 8.65. The van der Waals surface area contributed by atoms with Crippen LogP contribution in [0.2, 0.25) is 5.02 Å². The van der Waals surface area contributed by atoms with Crippen molar-refractivity contribution in [2.24, 2.45) is 5.92 Å². The van der Waals surface area contributed by atoms with Gasteiger partial charge in [0.05, 0.1) is 6.42 Å². The predicted molar refractivity (Wildman–Crippen MR) is 114 cm³/mol. The first kappa shape index (κ1) is 22.9. The van der Waals surface area contributed by atoms with Crippen LogP contribution in [0.3, 0.4) is 0 Å². The molecule has 0 bridgehead atoms. The van der Waals surface area contributed by atoms with Gasteiger partial charge in [0.1, 0.15) is 11.9 Å². The van der Waals surface area contributed by atoms with Gasteiger partial charge in [-0.1, -0.05) is 62.7 Å². The van der Waals surface area contributed by atoms with Crippen molar-refractivity contribution in [1.82, 2.24) is 10.2 Å². The van der Waals surface area contributed by atoms with Crippen LogP contribution in [0.4, 0.5) is 4.39 Å². The third kappa shape index (κ3) is 6.86. The summed E-state index contributed by atoms with van der Waals surface area (Å²) in [7, 11) is 0. The van der Waals surface area contributed by atoms with Gasteiger partial charge in [-0.15, -0.1) is 0 Å². The van der Waals surface area contributed by atoms with Gasteiger partial charge in [0.15, 0.2) is 0 Å². The smallest absolute Gasteiger partial charge is 0.242 e. The molecule has 4 nitrogen and oxygen atoms in total. The Balaban J connectivity index is 2.27. The van der Waals surface area contributed by atoms with Gasteiger partial charge >= 0.3 is 0 Å². The van der Waals surface area contributed by atoms with Crippen LogP contribution in [0.25, 0.3) is 0 Å². The molecular weight excluding hydrogens is 391 g/mol. The number of hydrogen-bond acceptors (Lipinski definition) is 2. The molecule has 0 saturated heterocycles. The first-order valence-electron chi connectivity index (χ1n) is 9.86. The van der Waals surface area contributed by atoms with Crippen LogP contribution in [0.1, 0.15) is 38.3 Å². The molecule has 2 rings (SSSR count). The summed E-state index contributed by atoms with van der Waals surface area (Å²) >= 11 is 6.22. The molecule has 0 saturated carbocycles. The second-order valence-corrected chi connectivity index (χ2v) is 7.89. The molecule has 2 amide bonds. The summed E-state index contributed by atoms with van der Waals surface area (Å²) in [6.45, 7) is 6.66. The van der Waals surface area contributed by atoms with E-state index in [1.807, 2.05) is 26.8 Å². The summed E-state index contributed by atoms with van der Waals surface area (Å²) in [5.41, 5.74) is 1.47. The van der Waals surface area contributed by atoms with Crippen LogP contribution in [-0.4, -0.2) is 29.3 Å². The Morgan fingerprint density at radius 3 is 2.34 bits per heavy atom. The van der Waals surface area contributed by atoms with Gasteiger partial charge in [0, 0.05) is 18.1 Å². The normalized spacial score (nSPS) is 11.9. The quantitative estimate of drug-likeness (QED) is 0.646. The van der Waals surface area contributed by atoms with Crippen molar-refractivity contribution in [2.45, 2.75) is 46.2 Å². The zero-order chi connectivity index (χ0) is 21.4. The number of carbonyl (C=O) groups is 2. The van der Waals surface area contributed by atoms with E-state index in [1.165, 1.54) is 12.1 Å². The fourth-order valence-electron chi connectivity index (χ4n) is 3.03. The highest BCUT2D eigenvalue weighted by molar-refractivity contribution is 6.31. The maximum atomic E-state index is 13.3. The van der Waals surface area contributed by atoms with E-state index in [1.54, 1.807) is 35.2 Å². The molecule has 2 aromatic rings. The Morgan fingerprint density at radius 2 is 1.76 bits per heavy atom. The molecule has 0 aliphatic rings. The monoisotopic (exact) mass is 418 g/mol. The number of nitrogens with one attached hydrogen (secondary N) is 1. The van der Waals surface area contributed by atoms with E-state index in [0.717, 1.165) is 5.56 Å². The van der Waals surface area contributed by atoms with E-state index in [2.05, 4.69) is 5.32 Å². The van der Waals surface area contributed by atoms with Gasteiger partial charge < -0.3 is 10.2 Å². The summed E-state index contributed by atoms with van der Waals surface area (Å²) in [6, 6.07) is 12.5. The van der Waals surface area contributed by atoms with E-state index in [4.69, 9.17) is 11.6 Å². The van der Waals surface area contributed by atoms with E-state index >= 15 is 0 Å². The average molecular weight is 419 g/mol. The standard InChI is InChI=1S/C23H28ClFN2O2/c1-4-21(23(29)26-14-16(2)3)27(15-17-9-11-19(25)12-10-17)22(28)13-18-7-5-6-8-20(18)24/h5-12,16,21H,4,13-15H2,1-3H3,(H,26,29)/t21-/m0/s1. The second kappa shape index (κ2) is 11.0. The lowest BCUT2D eigenvalue weighted by Gasteiger charge is -2.31. The molecule has 0 radical (unpaired) electrons. The fraction of sp³-hybridized carbons (Fsp3) is 0.391. The Hall–Kier alpha value is -2.40. The summed E-state index contributed by atoms with van der Waals surface area (Å²) in [4.78, 5) is 27.6. The minimum atomic E-state index is -0.617. The van der Waals surface area contributed by atoms with Crippen molar-refractivity contribution in [3.05, 3.63) is 70.5 Å². The lowest BCUT2D eigenvalue weighted by molar-refractivity contribution is -0.141. The van der Waals surface area contributed by atoms with Crippen LogP contribution in [0.5, 0.6) is 0 Å². The number of hydrogen-bond donors (Lipinski definition) is 1. The Labute approximate surface area is 177 Å². The Bertz CT molecular complexity index is 824. The van der Waals surface area contributed by atoms with Crippen LogP contribution in [0.15, 0.2) is 48.5 Å². The maximum absolute atomic E-state index is 13.3. The second-order valence-electron chi connectivity index (χ2n) is 7.48. The zero-order valence-electron chi connectivity index (χ0n) is 17.1. The molecule has 0 aliphatic carbocycles. The van der Waals surface area contributed by atoms with Gasteiger partial charge in [-0.05, 0) is 41.7 Å². The van der Waals surface area contributed by atoms with E-state index in [0.29, 0.717) is 29.5 Å². The minimum Gasteiger partial charge on any atom is -0.354 e. The zero-order valence-corrected chi connectivity index (χ0v) is 17.9. The van der Waals surface area contributed by atoms with Crippen molar-refractivity contribution in [2.75, 3.05) is 6.54 Å². The molecule has 0 spiro atoms. The van der Waals surface area contributed by atoms with Crippen LogP contribution in [-0.2, 0) is 22.6 Å². The number of amides is 2. The third-order valence-electron chi connectivity index (χ3n) is 4.64. The topological polar surface area (TPSA) is 49.4 Å². The number of benzene rings is 2. The highest BCUT2D eigenvalue weighted by Gasteiger charge is 2.29. The molecule has 0 unspecified atom stereocenters. The van der Waals surface area contributed by atoms with Crippen molar-refractivity contribution in [1.29, 1.82) is 0 Å². The van der Waals surface area contributed by atoms with Crippen molar-refractivity contribution >= 4 is 23.4 Å². The van der Waals surface area contributed by atoms with Crippen LogP contribution < -0.4 is 5.32 Å². The molecule has 0 aromatic heterocycles. The molecule has 1 N–H and O–H groups in total. The predicted octanol–water partition coefficient (Wildman–Crippen LogP) is 4.60. The third-order valence-corrected chi connectivity index (χ3v) is 5.00. The summed E-state index contributed by atoms with van der Waals surface area (Å²) in [6.07, 6.45) is 0.564. The summed E-state index contributed by atoms with van der Waals surface area (Å²) < 4.78 is 13.3. The highest BCUT2D eigenvalue weighted by atomic mass is 35.5. The van der Waals surface area contributed by atoms with Gasteiger partial charge in [0.2, 0.25) is 11.8 Å². The number of carbonyl (C=O) groups excluding carboxylic acids is 2. The lowest BCUT2D eigenvalue weighted by atomic mass is 10.1. The molecule has 156 valence electrons. The highest BCUT2D eigenvalue weighted by Crippen LogP contribution is 2.19. The Morgan fingerprint density at radius 1 is 1.10 bits per heavy atom. The molecular formula is C23H28ClFN2O2. The molecule has 0 heterocycles. The average Bonchev–Trinajstić information content (AvgIpc) is 2.69. The van der Waals surface area contributed by atoms with Crippen LogP contribution >= 0.6 is 11.6 Å². The van der Waals surface area contributed by atoms with Crippen molar-refractivity contribution in [3.8, 4) is 0 Å². The van der Waals surface area contributed by atoms with E-state index < -0.39 is 6.04 Å². The van der Waals surface area contributed by atoms with Gasteiger partial charge in [-0.2, -0.15) is 0 Å². The molecule has 0 aliphatic heterocycles. The molecule has 29 heavy (non-hydrogen) atoms. The van der Waals surface area contributed by atoms with E-state index in [-0.39, 0.29) is 30.6 Å². The number of rotatable bonds is 9. The molecule has 2 aromatic carbocycles.